The van der Waals surface area contributed by atoms with E-state index in [0.29, 0.717) is 23.3 Å². The molecule has 1 unspecified atom stereocenters. The van der Waals surface area contributed by atoms with Crippen LogP contribution in [0.5, 0.6) is 0 Å². The van der Waals surface area contributed by atoms with E-state index in [2.05, 4.69) is 14.8 Å². The summed E-state index contributed by atoms with van der Waals surface area (Å²) in [5, 5.41) is 0.895. The molecule has 0 aromatic carbocycles. The molecule has 0 spiro atoms. The van der Waals surface area contributed by atoms with Crippen molar-refractivity contribution in [1.29, 1.82) is 0 Å². The summed E-state index contributed by atoms with van der Waals surface area (Å²) in [7, 11) is 0. The van der Waals surface area contributed by atoms with Crippen LogP contribution in [-0.2, 0) is 0 Å². The fraction of sp³-hybridized carbons (Fsp3) is 0.750. The number of halogens is 1. The first-order valence-corrected chi connectivity index (χ1v) is 9.29. The second-order valence-corrected chi connectivity index (χ2v) is 7.58. The molecule has 0 radical (unpaired) electrons. The second-order valence-electron chi connectivity index (χ2n) is 6.57. The maximum Gasteiger partial charge on any atom is 0.260 e. The normalized spacial score (nSPS) is 24.0. The standard InChI is InChI=1S/C16H25FN4OS/c17-6-3-12-2-1-7-21(11-12)13-4-8-20(9-5-13)16-19-10-14(23-16)15(18)22/h10,12-13H,1-9,11H2,(H2,18,22). The zero-order valence-corrected chi connectivity index (χ0v) is 14.2. The molecule has 1 aromatic rings. The van der Waals surface area contributed by atoms with Crippen molar-refractivity contribution < 1.29 is 9.18 Å². The molecule has 2 saturated heterocycles. The van der Waals surface area contributed by atoms with E-state index in [0.717, 1.165) is 44.2 Å². The van der Waals surface area contributed by atoms with Gasteiger partial charge in [-0.2, -0.15) is 0 Å². The molecule has 23 heavy (non-hydrogen) atoms. The number of carbonyl (C=O) groups excluding carboxylic acids is 1. The highest BCUT2D eigenvalue weighted by molar-refractivity contribution is 7.17. The number of alkyl halides is 1. The highest BCUT2D eigenvalue weighted by Gasteiger charge is 2.29. The Balaban J connectivity index is 1.52. The fourth-order valence-corrected chi connectivity index (χ4v) is 4.59. The van der Waals surface area contributed by atoms with Crippen molar-refractivity contribution in [2.45, 2.75) is 38.1 Å². The molecule has 0 saturated carbocycles. The molecular formula is C16H25FN4OS. The number of carbonyl (C=O) groups is 1. The number of primary amides is 1. The predicted molar refractivity (Wildman–Crippen MR) is 90.8 cm³/mol. The maximum absolute atomic E-state index is 12.6. The first kappa shape index (κ1) is 16.6. The summed E-state index contributed by atoms with van der Waals surface area (Å²) in [6.07, 6.45) is 6.86. The lowest BCUT2D eigenvalue weighted by atomic mass is 9.92. The fourth-order valence-electron chi connectivity index (χ4n) is 3.77. The molecule has 7 heteroatoms. The molecule has 3 rings (SSSR count). The summed E-state index contributed by atoms with van der Waals surface area (Å²) >= 11 is 1.38. The molecule has 0 aliphatic carbocycles. The molecule has 0 bridgehead atoms. The van der Waals surface area contributed by atoms with Gasteiger partial charge in [0.2, 0.25) is 0 Å². The average molecular weight is 340 g/mol. The van der Waals surface area contributed by atoms with Crippen LogP contribution in [0, 0.1) is 5.92 Å². The monoisotopic (exact) mass is 340 g/mol. The van der Waals surface area contributed by atoms with E-state index in [9.17, 15) is 9.18 Å². The van der Waals surface area contributed by atoms with Gasteiger partial charge in [0, 0.05) is 25.7 Å². The zero-order chi connectivity index (χ0) is 16.2. The van der Waals surface area contributed by atoms with Crippen LogP contribution < -0.4 is 10.6 Å². The number of thiazole rings is 1. The number of anilines is 1. The molecule has 2 N–H and O–H groups in total. The summed E-state index contributed by atoms with van der Waals surface area (Å²) in [6, 6.07) is 0.601. The maximum atomic E-state index is 12.6. The molecule has 2 aliphatic heterocycles. The lowest BCUT2D eigenvalue weighted by molar-refractivity contribution is 0.100. The number of likely N-dealkylation sites (tertiary alicyclic amines) is 1. The summed E-state index contributed by atoms with van der Waals surface area (Å²) in [4.78, 5) is 20.8. The van der Waals surface area contributed by atoms with Crippen molar-refractivity contribution in [2.24, 2.45) is 11.7 Å². The highest BCUT2D eigenvalue weighted by atomic mass is 32.1. The van der Waals surface area contributed by atoms with Gasteiger partial charge < -0.3 is 10.6 Å². The predicted octanol–water partition coefficient (Wildman–Crippen LogP) is 2.28. The summed E-state index contributed by atoms with van der Waals surface area (Å²) in [5.41, 5.74) is 5.29. The molecule has 1 aromatic heterocycles. The summed E-state index contributed by atoms with van der Waals surface area (Å²) < 4.78 is 12.6. The van der Waals surface area contributed by atoms with Crippen LogP contribution >= 0.6 is 11.3 Å². The highest BCUT2D eigenvalue weighted by Crippen LogP contribution is 2.29. The zero-order valence-electron chi connectivity index (χ0n) is 13.4. The third kappa shape index (κ3) is 4.01. The summed E-state index contributed by atoms with van der Waals surface area (Å²) in [5.74, 6) is 0.125. The first-order valence-electron chi connectivity index (χ1n) is 8.48. The molecule has 3 heterocycles. The average Bonchev–Trinajstić information content (AvgIpc) is 3.06. The number of hydrogen-bond acceptors (Lipinski definition) is 5. The number of nitrogens with zero attached hydrogens (tertiary/aromatic N) is 3. The van der Waals surface area contributed by atoms with Crippen LogP contribution in [0.1, 0.15) is 41.8 Å². The molecule has 128 valence electrons. The second kappa shape index (κ2) is 7.57. The third-order valence-corrected chi connectivity index (χ3v) is 6.13. The van der Waals surface area contributed by atoms with Crippen LogP contribution in [0.4, 0.5) is 9.52 Å². The van der Waals surface area contributed by atoms with Gasteiger partial charge in [0.15, 0.2) is 5.13 Å². The Hall–Kier alpha value is -1.21. The summed E-state index contributed by atoms with van der Waals surface area (Å²) in [6.45, 7) is 3.93. The van der Waals surface area contributed by atoms with Crippen molar-refractivity contribution in [3.63, 3.8) is 0 Å². The smallest absolute Gasteiger partial charge is 0.260 e. The molecular weight excluding hydrogens is 315 g/mol. The van der Waals surface area contributed by atoms with Crippen LogP contribution in [0.15, 0.2) is 6.20 Å². The van der Waals surface area contributed by atoms with E-state index in [1.807, 2.05) is 0 Å². The van der Waals surface area contributed by atoms with E-state index in [-0.39, 0.29) is 6.67 Å². The minimum Gasteiger partial charge on any atom is -0.365 e. The Morgan fingerprint density at radius 1 is 1.35 bits per heavy atom. The number of rotatable bonds is 5. The van der Waals surface area contributed by atoms with Crippen molar-refractivity contribution in [3.8, 4) is 0 Å². The SMILES string of the molecule is NC(=O)c1cnc(N2CCC(N3CCCC(CCF)C3)CC2)s1. The Morgan fingerprint density at radius 3 is 2.78 bits per heavy atom. The van der Waals surface area contributed by atoms with Gasteiger partial charge in [-0.1, -0.05) is 11.3 Å². The lowest BCUT2D eigenvalue weighted by Gasteiger charge is -2.42. The minimum atomic E-state index is -0.407. The van der Waals surface area contributed by atoms with E-state index < -0.39 is 5.91 Å². The van der Waals surface area contributed by atoms with Gasteiger partial charge in [-0.3, -0.25) is 14.1 Å². The van der Waals surface area contributed by atoms with Crippen LogP contribution in [0.3, 0.4) is 0 Å². The molecule has 1 amide bonds. The molecule has 2 aliphatic rings. The van der Waals surface area contributed by atoms with E-state index in [1.165, 1.54) is 24.2 Å². The third-order valence-electron chi connectivity index (χ3n) is 5.06. The molecule has 2 fully saturated rings. The number of aromatic nitrogens is 1. The van der Waals surface area contributed by atoms with Gasteiger partial charge in [0.05, 0.1) is 12.9 Å². The van der Waals surface area contributed by atoms with Crippen molar-refractivity contribution >= 4 is 22.4 Å². The number of nitrogens with two attached hydrogens (primary N) is 1. The molecule has 5 nitrogen and oxygen atoms in total. The Morgan fingerprint density at radius 2 is 2.13 bits per heavy atom. The Bertz CT molecular complexity index is 528. The lowest BCUT2D eigenvalue weighted by Crippen LogP contribution is -2.48. The number of hydrogen-bond donors (Lipinski definition) is 1. The quantitative estimate of drug-likeness (QED) is 0.893. The number of amides is 1. The van der Waals surface area contributed by atoms with Crippen LogP contribution in [0.2, 0.25) is 0 Å². The van der Waals surface area contributed by atoms with Gasteiger partial charge >= 0.3 is 0 Å². The van der Waals surface area contributed by atoms with Crippen molar-refractivity contribution in [1.82, 2.24) is 9.88 Å². The largest absolute Gasteiger partial charge is 0.365 e. The van der Waals surface area contributed by atoms with E-state index in [1.54, 1.807) is 6.20 Å². The van der Waals surface area contributed by atoms with Gasteiger partial charge in [-0.25, -0.2) is 4.98 Å². The van der Waals surface area contributed by atoms with Gasteiger partial charge in [0.1, 0.15) is 4.88 Å². The Kier molecular flexibility index (Phi) is 5.48. The van der Waals surface area contributed by atoms with Gasteiger partial charge in [0.25, 0.3) is 5.91 Å². The van der Waals surface area contributed by atoms with Crippen LogP contribution in [-0.4, -0.2) is 54.7 Å². The van der Waals surface area contributed by atoms with E-state index in [4.69, 9.17) is 5.73 Å². The van der Waals surface area contributed by atoms with Crippen molar-refractivity contribution in [3.05, 3.63) is 11.1 Å². The van der Waals surface area contributed by atoms with E-state index >= 15 is 0 Å². The molecule has 1 atom stereocenters. The van der Waals surface area contributed by atoms with Crippen LogP contribution in [0.25, 0.3) is 0 Å². The van der Waals surface area contributed by atoms with Gasteiger partial charge in [-0.05, 0) is 44.6 Å². The van der Waals surface area contributed by atoms with Crippen molar-refractivity contribution in [2.75, 3.05) is 37.8 Å². The Labute approximate surface area is 140 Å². The van der Waals surface area contributed by atoms with Gasteiger partial charge in [-0.15, -0.1) is 0 Å². The number of piperidine rings is 2. The first-order chi connectivity index (χ1) is 11.2. The topological polar surface area (TPSA) is 62.5 Å². The minimum absolute atomic E-state index is 0.191.